The fourth-order valence-corrected chi connectivity index (χ4v) is 1.75. The first-order valence-corrected chi connectivity index (χ1v) is 6.40. The molecule has 4 nitrogen and oxygen atoms in total. The van der Waals surface area contributed by atoms with Crippen LogP contribution in [0, 0.1) is 5.82 Å². The van der Waals surface area contributed by atoms with Crippen molar-refractivity contribution in [2.75, 3.05) is 11.9 Å². The van der Waals surface area contributed by atoms with Gasteiger partial charge < -0.3 is 10.1 Å². The minimum atomic E-state index is -0.647. The molecule has 0 unspecified atom stereocenters. The lowest BCUT2D eigenvalue weighted by atomic mass is 10.2. The molecule has 0 aromatic heterocycles. The number of carbonyl (C=O) groups excluding carboxylic acids is 2. The molecule has 0 aliphatic rings. The van der Waals surface area contributed by atoms with Gasteiger partial charge in [0, 0.05) is 10.7 Å². The number of benzene rings is 2. The molecule has 0 saturated carbocycles. The van der Waals surface area contributed by atoms with Gasteiger partial charge in [-0.3, -0.25) is 4.79 Å². The van der Waals surface area contributed by atoms with E-state index in [-0.39, 0.29) is 5.56 Å². The largest absolute Gasteiger partial charge is 0.452 e. The van der Waals surface area contributed by atoms with Crippen molar-refractivity contribution >= 4 is 29.2 Å². The Morgan fingerprint density at radius 2 is 1.86 bits per heavy atom. The Bertz CT molecular complexity index is 658. The second-order valence-corrected chi connectivity index (χ2v) is 4.58. The third kappa shape index (κ3) is 4.57. The van der Waals surface area contributed by atoms with E-state index in [1.165, 1.54) is 36.4 Å². The number of hydrogen-bond acceptors (Lipinski definition) is 3. The summed E-state index contributed by atoms with van der Waals surface area (Å²) in [5, 5.41) is 2.88. The monoisotopic (exact) mass is 307 g/mol. The van der Waals surface area contributed by atoms with E-state index in [1.807, 2.05) is 0 Å². The van der Waals surface area contributed by atoms with Crippen LogP contribution in [0.4, 0.5) is 10.1 Å². The molecule has 0 aliphatic heterocycles. The van der Waals surface area contributed by atoms with E-state index in [2.05, 4.69) is 5.32 Å². The van der Waals surface area contributed by atoms with Crippen LogP contribution in [0.15, 0.2) is 48.5 Å². The smallest absolute Gasteiger partial charge is 0.338 e. The summed E-state index contributed by atoms with van der Waals surface area (Å²) in [4.78, 5) is 23.3. The summed E-state index contributed by atoms with van der Waals surface area (Å²) in [7, 11) is 0. The topological polar surface area (TPSA) is 55.4 Å². The standard InChI is InChI=1S/C15H11ClFNO3/c16-11-3-1-2-10(8-11)15(20)21-9-14(19)18-13-6-4-12(17)5-7-13/h1-8H,9H2,(H,18,19). The SMILES string of the molecule is O=C(COC(=O)c1cccc(Cl)c1)Nc1ccc(F)cc1. The van der Waals surface area contributed by atoms with Gasteiger partial charge in [-0.1, -0.05) is 17.7 Å². The molecule has 1 amide bonds. The molecule has 21 heavy (non-hydrogen) atoms. The summed E-state index contributed by atoms with van der Waals surface area (Å²) in [5.74, 6) is -1.57. The van der Waals surface area contributed by atoms with Crippen molar-refractivity contribution in [2.45, 2.75) is 0 Å². The van der Waals surface area contributed by atoms with Crippen molar-refractivity contribution in [1.29, 1.82) is 0 Å². The molecular weight excluding hydrogens is 297 g/mol. The van der Waals surface area contributed by atoms with Crippen LogP contribution in [0.25, 0.3) is 0 Å². The number of anilines is 1. The lowest BCUT2D eigenvalue weighted by Crippen LogP contribution is -2.20. The second-order valence-electron chi connectivity index (χ2n) is 4.14. The molecule has 0 aliphatic carbocycles. The van der Waals surface area contributed by atoms with Gasteiger partial charge in [-0.2, -0.15) is 0 Å². The molecule has 0 saturated heterocycles. The molecular formula is C15H11ClFNO3. The van der Waals surface area contributed by atoms with Crippen molar-refractivity contribution in [3.05, 3.63) is 64.9 Å². The highest BCUT2D eigenvalue weighted by molar-refractivity contribution is 6.30. The molecule has 0 fully saturated rings. The van der Waals surface area contributed by atoms with E-state index in [0.29, 0.717) is 10.7 Å². The zero-order valence-corrected chi connectivity index (χ0v) is 11.6. The summed E-state index contributed by atoms with van der Waals surface area (Å²) < 4.78 is 17.6. The lowest BCUT2D eigenvalue weighted by Gasteiger charge is -2.06. The lowest BCUT2D eigenvalue weighted by molar-refractivity contribution is -0.119. The molecule has 2 aromatic rings. The number of hydrogen-bond donors (Lipinski definition) is 1. The number of halogens is 2. The highest BCUT2D eigenvalue weighted by Crippen LogP contribution is 2.12. The van der Waals surface area contributed by atoms with Crippen LogP contribution in [-0.2, 0) is 9.53 Å². The number of carbonyl (C=O) groups is 2. The Labute approximate surface area is 125 Å². The first kappa shape index (κ1) is 15.0. The fraction of sp³-hybridized carbons (Fsp3) is 0.0667. The maximum absolute atomic E-state index is 12.7. The maximum Gasteiger partial charge on any atom is 0.338 e. The molecule has 108 valence electrons. The number of ether oxygens (including phenoxy) is 1. The summed E-state index contributed by atoms with van der Waals surface area (Å²) in [6.07, 6.45) is 0. The first-order chi connectivity index (χ1) is 10.0. The quantitative estimate of drug-likeness (QED) is 0.882. The van der Waals surface area contributed by atoms with Gasteiger partial charge in [0.2, 0.25) is 0 Å². The van der Waals surface area contributed by atoms with E-state index >= 15 is 0 Å². The normalized spacial score (nSPS) is 10.0. The molecule has 0 spiro atoms. The number of nitrogens with one attached hydrogen (secondary N) is 1. The second kappa shape index (κ2) is 6.85. The molecule has 1 N–H and O–H groups in total. The average Bonchev–Trinajstić information content (AvgIpc) is 2.47. The van der Waals surface area contributed by atoms with Crippen LogP contribution in [0.2, 0.25) is 5.02 Å². The van der Waals surface area contributed by atoms with E-state index in [1.54, 1.807) is 12.1 Å². The molecule has 2 rings (SSSR count). The van der Waals surface area contributed by atoms with Crippen LogP contribution in [0.3, 0.4) is 0 Å². The Kier molecular flexibility index (Phi) is 4.90. The predicted octanol–water partition coefficient (Wildman–Crippen LogP) is 3.27. The number of amides is 1. The van der Waals surface area contributed by atoms with Gasteiger partial charge in [-0.25, -0.2) is 9.18 Å². The summed E-state index contributed by atoms with van der Waals surface area (Å²) in [6, 6.07) is 11.5. The van der Waals surface area contributed by atoms with E-state index in [9.17, 15) is 14.0 Å². The summed E-state index contributed by atoms with van der Waals surface area (Å²) in [5.41, 5.74) is 0.678. The van der Waals surface area contributed by atoms with Gasteiger partial charge in [0.05, 0.1) is 5.56 Å². The summed E-state index contributed by atoms with van der Waals surface area (Å²) >= 11 is 5.75. The van der Waals surface area contributed by atoms with Gasteiger partial charge in [-0.15, -0.1) is 0 Å². The molecule has 0 radical (unpaired) electrons. The van der Waals surface area contributed by atoms with Crippen molar-refractivity contribution in [1.82, 2.24) is 0 Å². The maximum atomic E-state index is 12.7. The van der Waals surface area contributed by atoms with Crippen molar-refractivity contribution < 1.29 is 18.7 Å². The predicted molar refractivity (Wildman–Crippen MR) is 76.8 cm³/mol. The fourth-order valence-electron chi connectivity index (χ4n) is 1.56. The third-order valence-electron chi connectivity index (χ3n) is 2.52. The third-order valence-corrected chi connectivity index (χ3v) is 2.76. The highest BCUT2D eigenvalue weighted by Gasteiger charge is 2.10. The van der Waals surface area contributed by atoms with Crippen LogP contribution in [-0.4, -0.2) is 18.5 Å². The van der Waals surface area contributed by atoms with Crippen LogP contribution < -0.4 is 5.32 Å². The Morgan fingerprint density at radius 1 is 1.14 bits per heavy atom. The Hall–Kier alpha value is -2.40. The summed E-state index contributed by atoms with van der Waals surface area (Å²) in [6.45, 7) is -0.442. The van der Waals surface area contributed by atoms with Gasteiger partial charge in [0.25, 0.3) is 5.91 Å². The molecule has 0 bridgehead atoms. The van der Waals surface area contributed by atoms with E-state index in [4.69, 9.17) is 16.3 Å². The minimum Gasteiger partial charge on any atom is -0.452 e. The van der Waals surface area contributed by atoms with Crippen LogP contribution in [0.1, 0.15) is 10.4 Å². The Morgan fingerprint density at radius 3 is 2.52 bits per heavy atom. The average molecular weight is 308 g/mol. The first-order valence-electron chi connectivity index (χ1n) is 6.03. The van der Waals surface area contributed by atoms with Gasteiger partial charge in [0.15, 0.2) is 6.61 Å². The van der Waals surface area contributed by atoms with Crippen molar-refractivity contribution in [3.8, 4) is 0 Å². The highest BCUT2D eigenvalue weighted by atomic mass is 35.5. The zero-order chi connectivity index (χ0) is 15.2. The van der Waals surface area contributed by atoms with Crippen molar-refractivity contribution in [3.63, 3.8) is 0 Å². The number of rotatable bonds is 4. The van der Waals surface area contributed by atoms with Gasteiger partial charge in [0.1, 0.15) is 5.82 Å². The van der Waals surface area contributed by atoms with Crippen LogP contribution >= 0.6 is 11.6 Å². The molecule has 0 atom stereocenters. The number of esters is 1. The molecule has 6 heteroatoms. The zero-order valence-electron chi connectivity index (χ0n) is 10.8. The molecule has 0 heterocycles. The van der Waals surface area contributed by atoms with Crippen LogP contribution in [0.5, 0.6) is 0 Å². The Balaban J connectivity index is 1.86. The van der Waals surface area contributed by atoms with Gasteiger partial charge >= 0.3 is 5.97 Å². The minimum absolute atomic E-state index is 0.261. The van der Waals surface area contributed by atoms with E-state index < -0.39 is 24.3 Å². The molecule has 2 aromatic carbocycles. The van der Waals surface area contributed by atoms with Gasteiger partial charge in [-0.05, 0) is 42.5 Å². The van der Waals surface area contributed by atoms with Crippen molar-refractivity contribution in [2.24, 2.45) is 0 Å². The van der Waals surface area contributed by atoms with E-state index in [0.717, 1.165) is 0 Å².